The van der Waals surface area contributed by atoms with Gasteiger partial charge in [0.15, 0.2) is 5.76 Å². The second-order valence-corrected chi connectivity index (χ2v) is 6.21. The first-order chi connectivity index (χ1) is 12.2. The van der Waals surface area contributed by atoms with Gasteiger partial charge in [-0.25, -0.2) is 0 Å². The number of benzene rings is 1. The Morgan fingerprint density at radius 2 is 1.84 bits per heavy atom. The zero-order valence-corrected chi connectivity index (χ0v) is 15.4. The van der Waals surface area contributed by atoms with Crippen molar-refractivity contribution in [2.45, 2.75) is 13.8 Å². The summed E-state index contributed by atoms with van der Waals surface area (Å²) in [6.45, 7) is 3.94. The van der Waals surface area contributed by atoms with Gasteiger partial charge in [0.25, 0.3) is 0 Å². The number of hydrogen-bond acceptors (Lipinski definition) is 7. The number of anilines is 1. The summed E-state index contributed by atoms with van der Waals surface area (Å²) >= 11 is 1.53. The SMILES string of the molecule is CCSNc1nnc(-c2ccc(C)o2)n1-c1c(OC)cccc1OC. The molecule has 132 valence electrons. The van der Waals surface area contributed by atoms with Crippen LogP contribution in [0.15, 0.2) is 34.7 Å². The van der Waals surface area contributed by atoms with E-state index in [1.807, 2.05) is 41.8 Å². The standard InChI is InChI=1S/C17H20N4O3S/c1-5-25-20-17-19-18-16(14-10-9-11(2)24-14)21(17)15-12(22-3)7-6-8-13(15)23-4/h6-10H,5H2,1-4H3,(H,19,20). The van der Waals surface area contributed by atoms with E-state index in [9.17, 15) is 0 Å². The van der Waals surface area contributed by atoms with Gasteiger partial charge in [0, 0.05) is 5.75 Å². The molecule has 1 aromatic carbocycles. The minimum Gasteiger partial charge on any atom is -0.494 e. The van der Waals surface area contributed by atoms with E-state index in [0.29, 0.717) is 34.7 Å². The Kier molecular flexibility index (Phi) is 5.18. The third-order valence-corrected chi connectivity index (χ3v) is 4.17. The first kappa shape index (κ1) is 17.2. The Hall–Kier alpha value is -2.61. The monoisotopic (exact) mass is 360 g/mol. The number of aryl methyl sites for hydroxylation is 1. The van der Waals surface area contributed by atoms with E-state index in [1.54, 1.807) is 14.2 Å². The number of ether oxygens (including phenoxy) is 2. The van der Waals surface area contributed by atoms with Gasteiger partial charge in [-0.1, -0.05) is 24.9 Å². The Morgan fingerprint density at radius 3 is 2.40 bits per heavy atom. The molecule has 0 amide bonds. The average Bonchev–Trinajstić information content (AvgIpc) is 3.24. The van der Waals surface area contributed by atoms with E-state index in [0.717, 1.165) is 11.5 Å². The summed E-state index contributed by atoms with van der Waals surface area (Å²) in [6.07, 6.45) is 0. The lowest BCUT2D eigenvalue weighted by Gasteiger charge is -2.16. The third-order valence-electron chi connectivity index (χ3n) is 3.56. The van der Waals surface area contributed by atoms with Crippen LogP contribution < -0.4 is 14.2 Å². The summed E-state index contributed by atoms with van der Waals surface area (Å²) in [4.78, 5) is 0. The lowest BCUT2D eigenvalue weighted by atomic mass is 10.2. The van der Waals surface area contributed by atoms with Gasteiger partial charge in [0.05, 0.1) is 14.2 Å². The van der Waals surface area contributed by atoms with Gasteiger partial charge in [-0.15, -0.1) is 10.2 Å². The van der Waals surface area contributed by atoms with Gasteiger partial charge in [-0.3, -0.25) is 9.29 Å². The summed E-state index contributed by atoms with van der Waals surface area (Å²) in [5.41, 5.74) is 0.709. The van der Waals surface area contributed by atoms with E-state index in [4.69, 9.17) is 13.9 Å². The quantitative estimate of drug-likeness (QED) is 0.640. The first-order valence-electron chi connectivity index (χ1n) is 7.81. The molecule has 3 aromatic rings. The van der Waals surface area contributed by atoms with Crippen LogP contribution in [0.2, 0.25) is 0 Å². The number of hydrogen-bond donors (Lipinski definition) is 1. The molecule has 1 N–H and O–H groups in total. The molecular weight excluding hydrogens is 340 g/mol. The highest BCUT2D eigenvalue weighted by Gasteiger charge is 2.23. The third kappa shape index (κ3) is 3.30. The number of nitrogens with one attached hydrogen (secondary N) is 1. The minimum absolute atomic E-state index is 0.565. The number of methoxy groups -OCH3 is 2. The molecule has 0 fully saturated rings. The van der Waals surface area contributed by atoms with Crippen LogP contribution in [0, 0.1) is 6.92 Å². The van der Waals surface area contributed by atoms with Crippen molar-refractivity contribution in [3.05, 3.63) is 36.1 Å². The molecule has 0 aliphatic rings. The summed E-state index contributed by atoms with van der Waals surface area (Å²) in [5, 5.41) is 8.59. The summed E-state index contributed by atoms with van der Waals surface area (Å²) in [7, 11) is 3.24. The molecule has 0 atom stereocenters. The Balaban J connectivity index is 2.24. The van der Waals surface area contributed by atoms with Gasteiger partial charge in [0.2, 0.25) is 11.8 Å². The van der Waals surface area contributed by atoms with Crippen molar-refractivity contribution in [2.24, 2.45) is 0 Å². The van der Waals surface area contributed by atoms with Crippen LogP contribution in [0.3, 0.4) is 0 Å². The number of nitrogens with zero attached hydrogens (tertiary/aromatic N) is 3. The Labute approximate surface area is 150 Å². The Bertz CT molecular complexity index is 837. The van der Waals surface area contributed by atoms with Gasteiger partial charge in [-0.2, -0.15) is 0 Å². The second kappa shape index (κ2) is 7.52. The fourth-order valence-electron chi connectivity index (χ4n) is 2.47. The highest BCUT2D eigenvalue weighted by molar-refractivity contribution is 8.00. The lowest BCUT2D eigenvalue weighted by Crippen LogP contribution is -2.06. The van der Waals surface area contributed by atoms with Crippen molar-refractivity contribution < 1.29 is 13.9 Å². The molecule has 0 aliphatic heterocycles. The molecule has 0 radical (unpaired) electrons. The van der Waals surface area contributed by atoms with Gasteiger partial charge >= 0.3 is 0 Å². The van der Waals surface area contributed by atoms with Crippen LogP contribution in [0.4, 0.5) is 5.95 Å². The van der Waals surface area contributed by atoms with E-state index < -0.39 is 0 Å². The molecule has 0 unspecified atom stereocenters. The zero-order valence-electron chi connectivity index (χ0n) is 14.6. The van der Waals surface area contributed by atoms with E-state index in [2.05, 4.69) is 21.8 Å². The molecule has 0 spiro atoms. The smallest absolute Gasteiger partial charge is 0.239 e. The van der Waals surface area contributed by atoms with Crippen LogP contribution in [0.5, 0.6) is 11.5 Å². The fourth-order valence-corrected chi connectivity index (χ4v) is 2.87. The molecule has 7 nitrogen and oxygen atoms in total. The first-order valence-corrected chi connectivity index (χ1v) is 8.79. The van der Waals surface area contributed by atoms with Crippen molar-refractivity contribution in [2.75, 3.05) is 24.7 Å². The normalized spacial score (nSPS) is 10.7. The lowest BCUT2D eigenvalue weighted by molar-refractivity contribution is 0.391. The average molecular weight is 360 g/mol. The summed E-state index contributed by atoms with van der Waals surface area (Å²) in [5.74, 6) is 4.72. The van der Waals surface area contributed by atoms with Crippen molar-refractivity contribution in [1.29, 1.82) is 0 Å². The summed E-state index contributed by atoms with van der Waals surface area (Å²) < 4.78 is 21.9. The maximum Gasteiger partial charge on any atom is 0.239 e. The molecule has 0 aliphatic carbocycles. The van der Waals surface area contributed by atoms with Crippen LogP contribution in [-0.4, -0.2) is 34.7 Å². The predicted octanol–water partition coefficient (Wildman–Crippen LogP) is 3.93. The molecule has 25 heavy (non-hydrogen) atoms. The molecule has 3 rings (SSSR count). The number of rotatable bonds is 7. The highest BCUT2D eigenvalue weighted by atomic mass is 32.2. The predicted molar refractivity (Wildman–Crippen MR) is 98.7 cm³/mol. The molecule has 2 heterocycles. The van der Waals surface area contributed by atoms with Gasteiger partial charge < -0.3 is 13.9 Å². The maximum absolute atomic E-state index is 5.76. The van der Waals surface area contributed by atoms with Crippen LogP contribution >= 0.6 is 11.9 Å². The van der Waals surface area contributed by atoms with Crippen molar-refractivity contribution in [3.63, 3.8) is 0 Å². The second-order valence-electron chi connectivity index (χ2n) is 5.14. The van der Waals surface area contributed by atoms with E-state index in [1.165, 1.54) is 11.9 Å². The number of furan rings is 1. The maximum atomic E-state index is 5.76. The van der Waals surface area contributed by atoms with Crippen LogP contribution in [-0.2, 0) is 0 Å². The van der Waals surface area contributed by atoms with Gasteiger partial charge in [0.1, 0.15) is 22.9 Å². The van der Waals surface area contributed by atoms with E-state index >= 15 is 0 Å². The van der Waals surface area contributed by atoms with Crippen molar-refractivity contribution in [1.82, 2.24) is 14.8 Å². The largest absolute Gasteiger partial charge is 0.494 e. The van der Waals surface area contributed by atoms with Crippen LogP contribution in [0.1, 0.15) is 12.7 Å². The molecular formula is C17H20N4O3S. The van der Waals surface area contributed by atoms with Crippen molar-refractivity contribution in [3.8, 4) is 28.8 Å². The van der Waals surface area contributed by atoms with Gasteiger partial charge in [-0.05, 0) is 31.2 Å². The highest BCUT2D eigenvalue weighted by Crippen LogP contribution is 2.38. The fraction of sp³-hybridized carbons (Fsp3) is 0.294. The minimum atomic E-state index is 0.565. The number of para-hydroxylation sites is 1. The van der Waals surface area contributed by atoms with Crippen molar-refractivity contribution >= 4 is 17.9 Å². The Morgan fingerprint density at radius 1 is 1.12 bits per heavy atom. The zero-order chi connectivity index (χ0) is 17.8. The van der Waals surface area contributed by atoms with Crippen LogP contribution in [0.25, 0.3) is 17.3 Å². The molecule has 2 aromatic heterocycles. The molecule has 0 bridgehead atoms. The number of aromatic nitrogens is 3. The molecule has 0 saturated heterocycles. The molecule has 0 saturated carbocycles. The summed E-state index contributed by atoms with van der Waals surface area (Å²) in [6, 6.07) is 9.36. The van der Waals surface area contributed by atoms with E-state index in [-0.39, 0.29) is 0 Å². The topological polar surface area (TPSA) is 74.3 Å². The molecule has 8 heteroatoms.